The summed E-state index contributed by atoms with van der Waals surface area (Å²) >= 11 is 3.46. The van der Waals surface area contributed by atoms with Crippen LogP contribution >= 0.6 is 15.9 Å². The van der Waals surface area contributed by atoms with Gasteiger partial charge >= 0.3 is 0 Å². The minimum Gasteiger partial charge on any atom is -0.496 e. The molecule has 0 aliphatic carbocycles. The summed E-state index contributed by atoms with van der Waals surface area (Å²) in [6.07, 6.45) is 0. The van der Waals surface area contributed by atoms with Gasteiger partial charge in [-0.2, -0.15) is 0 Å². The van der Waals surface area contributed by atoms with Crippen LogP contribution in [0.4, 0.5) is 11.4 Å². The third kappa shape index (κ3) is 3.17. The van der Waals surface area contributed by atoms with Crippen molar-refractivity contribution in [3.8, 4) is 5.75 Å². The van der Waals surface area contributed by atoms with Crippen molar-refractivity contribution < 1.29 is 4.74 Å². The van der Waals surface area contributed by atoms with E-state index in [1.54, 1.807) is 7.11 Å². The quantitative estimate of drug-likeness (QED) is 0.848. The molecular formula is C14H15BrN2O. The molecule has 0 fully saturated rings. The molecule has 0 amide bonds. The van der Waals surface area contributed by atoms with Crippen LogP contribution in [0.3, 0.4) is 0 Å². The van der Waals surface area contributed by atoms with Crippen LogP contribution in [0.1, 0.15) is 5.56 Å². The molecule has 2 aromatic rings. The summed E-state index contributed by atoms with van der Waals surface area (Å²) in [5.74, 6) is 0.827. The summed E-state index contributed by atoms with van der Waals surface area (Å²) in [7, 11) is 1.65. The van der Waals surface area contributed by atoms with E-state index in [-0.39, 0.29) is 0 Å². The third-order valence-corrected chi connectivity index (χ3v) is 3.25. The maximum absolute atomic E-state index is 5.65. The molecule has 4 heteroatoms. The number of halogens is 1. The van der Waals surface area contributed by atoms with Gasteiger partial charge in [0.2, 0.25) is 0 Å². The zero-order chi connectivity index (χ0) is 13.0. The average Bonchev–Trinajstić information content (AvgIpc) is 2.38. The smallest absolute Gasteiger partial charge is 0.133 e. The van der Waals surface area contributed by atoms with Crippen molar-refractivity contribution >= 4 is 27.3 Å². The van der Waals surface area contributed by atoms with Crippen LogP contribution in [0.5, 0.6) is 5.75 Å². The minimum absolute atomic E-state index is 0.763. The highest BCUT2D eigenvalue weighted by atomic mass is 79.9. The molecule has 0 aliphatic heterocycles. The maximum atomic E-state index is 5.65. The van der Waals surface area contributed by atoms with Gasteiger partial charge < -0.3 is 15.8 Å². The van der Waals surface area contributed by atoms with Crippen molar-refractivity contribution in [2.24, 2.45) is 0 Å². The van der Waals surface area contributed by atoms with Crippen LogP contribution < -0.4 is 15.8 Å². The number of hydrogen-bond acceptors (Lipinski definition) is 3. The summed E-state index contributed by atoms with van der Waals surface area (Å²) in [6.45, 7) is 0.763. The lowest BCUT2D eigenvalue weighted by Gasteiger charge is -2.09. The lowest BCUT2D eigenvalue weighted by molar-refractivity contribution is 0.412. The fourth-order valence-corrected chi connectivity index (χ4v) is 2.16. The van der Waals surface area contributed by atoms with E-state index in [2.05, 4.69) is 21.2 Å². The monoisotopic (exact) mass is 306 g/mol. The molecule has 94 valence electrons. The van der Waals surface area contributed by atoms with Gasteiger partial charge in [0.15, 0.2) is 0 Å². The second-order valence-corrected chi connectivity index (χ2v) is 4.80. The second kappa shape index (κ2) is 5.78. The molecule has 0 aliphatic rings. The van der Waals surface area contributed by atoms with Gasteiger partial charge in [-0.25, -0.2) is 0 Å². The summed E-state index contributed by atoms with van der Waals surface area (Å²) < 4.78 is 6.12. The maximum Gasteiger partial charge on any atom is 0.133 e. The fourth-order valence-electron chi connectivity index (χ4n) is 1.62. The first-order chi connectivity index (χ1) is 8.69. The van der Waals surface area contributed by atoms with Crippen molar-refractivity contribution in [2.45, 2.75) is 6.54 Å². The standard InChI is InChI=1S/C14H15BrN2O/c1-18-14-7-6-12(8-13(14)15)17-9-10-2-4-11(16)5-3-10/h2-8,17H,9,16H2,1H3. The minimum atomic E-state index is 0.763. The molecule has 0 unspecified atom stereocenters. The summed E-state index contributed by atoms with van der Waals surface area (Å²) in [4.78, 5) is 0. The van der Waals surface area contributed by atoms with Gasteiger partial charge in [-0.05, 0) is 51.8 Å². The number of anilines is 2. The molecule has 0 aromatic heterocycles. The molecule has 0 heterocycles. The molecular weight excluding hydrogens is 292 g/mol. The Labute approximate surface area is 115 Å². The van der Waals surface area contributed by atoms with E-state index in [0.29, 0.717) is 0 Å². The van der Waals surface area contributed by atoms with Crippen molar-refractivity contribution in [1.82, 2.24) is 0 Å². The second-order valence-electron chi connectivity index (χ2n) is 3.94. The predicted octanol–water partition coefficient (Wildman–Crippen LogP) is 3.65. The van der Waals surface area contributed by atoms with Gasteiger partial charge in [0, 0.05) is 17.9 Å². The normalized spacial score (nSPS) is 10.1. The van der Waals surface area contributed by atoms with E-state index < -0.39 is 0 Å². The van der Waals surface area contributed by atoms with Crippen LogP contribution in [-0.2, 0) is 6.54 Å². The SMILES string of the molecule is COc1ccc(NCc2ccc(N)cc2)cc1Br. The molecule has 2 rings (SSSR count). The molecule has 0 saturated heterocycles. The van der Waals surface area contributed by atoms with Crippen LogP contribution in [0, 0.1) is 0 Å². The average molecular weight is 307 g/mol. The molecule has 0 spiro atoms. The number of rotatable bonds is 4. The molecule has 3 N–H and O–H groups in total. The molecule has 0 saturated carbocycles. The zero-order valence-corrected chi connectivity index (χ0v) is 11.7. The summed E-state index contributed by atoms with van der Waals surface area (Å²) in [6, 6.07) is 13.7. The van der Waals surface area contributed by atoms with E-state index in [9.17, 15) is 0 Å². The summed E-state index contributed by atoms with van der Waals surface area (Å²) in [5.41, 5.74) is 8.66. The van der Waals surface area contributed by atoms with Gasteiger partial charge in [-0.1, -0.05) is 12.1 Å². The molecule has 18 heavy (non-hydrogen) atoms. The number of hydrogen-bond donors (Lipinski definition) is 2. The van der Waals surface area contributed by atoms with Crippen molar-refractivity contribution in [3.63, 3.8) is 0 Å². The molecule has 0 bridgehead atoms. The van der Waals surface area contributed by atoms with E-state index in [1.807, 2.05) is 42.5 Å². The number of nitrogens with one attached hydrogen (secondary N) is 1. The molecule has 3 nitrogen and oxygen atoms in total. The Bertz CT molecular complexity index is 526. The number of nitrogens with two attached hydrogens (primary N) is 1. The fraction of sp³-hybridized carbons (Fsp3) is 0.143. The Morgan fingerprint density at radius 1 is 1.17 bits per heavy atom. The lowest BCUT2D eigenvalue weighted by Crippen LogP contribution is -1.99. The largest absolute Gasteiger partial charge is 0.496 e. The first-order valence-electron chi connectivity index (χ1n) is 5.61. The van der Waals surface area contributed by atoms with Crippen molar-refractivity contribution in [3.05, 3.63) is 52.5 Å². The Morgan fingerprint density at radius 2 is 1.89 bits per heavy atom. The lowest BCUT2D eigenvalue weighted by atomic mass is 10.2. The highest BCUT2D eigenvalue weighted by Gasteiger charge is 2.01. The number of methoxy groups -OCH3 is 1. The van der Waals surface area contributed by atoms with E-state index in [0.717, 1.165) is 28.1 Å². The first kappa shape index (κ1) is 12.8. The Morgan fingerprint density at radius 3 is 2.50 bits per heavy atom. The summed E-state index contributed by atoms with van der Waals surface area (Å²) in [5, 5.41) is 3.35. The van der Waals surface area contributed by atoms with Gasteiger partial charge in [0.05, 0.1) is 11.6 Å². The van der Waals surface area contributed by atoms with Gasteiger partial charge in [-0.3, -0.25) is 0 Å². The number of ether oxygens (including phenoxy) is 1. The van der Waals surface area contributed by atoms with Crippen molar-refractivity contribution in [1.29, 1.82) is 0 Å². The predicted molar refractivity (Wildman–Crippen MR) is 78.9 cm³/mol. The molecule has 0 atom stereocenters. The van der Waals surface area contributed by atoms with Crippen LogP contribution in [0.25, 0.3) is 0 Å². The highest BCUT2D eigenvalue weighted by molar-refractivity contribution is 9.10. The van der Waals surface area contributed by atoms with E-state index in [1.165, 1.54) is 5.56 Å². The molecule has 0 radical (unpaired) electrons. The third-order valence-electron chi connectivity index (χ3n) is 2.63. The topological polar surface area (TPSA) is 47.3 Å². The zero-order valence-electron chi connectivity index (χ0n) is 10.1. The van der Waals surface area contributed by atoms with Crippen molar-refractivity contribution in [2.75, 3.05) is 18.2 Å². The van der Waals surface area contributed by atoms with Gasteiger partial charge in [-0.15, -0.1) is 0 Å². The Hall–Kier alpha value is -1.68. The van der Waals surface area contributed by atoms with Gasteiger partial charge in [0.1, 0.15) is 5.75 Å². The first-order valence-corrected chi connectivity index (χ1v) is 6.40. The van der Waals surface area contributed by atoms with Crippen LogP contribution in [-0.4, -0.2) is 7.11 Å². The van der Waals surface area contributed by atoms with E-state index in [4.69, 9.17) is 10.5 Å². The Balaban J connectivity index is 2.02. The van der Waals surface area contributed by atoms with Gasteiger partial charge in [0.25, 0.3) is 0 Å². The van der Waals surface area contributed by atoms with E-state index >= 15 is 0 Å². The number of nitrogen functional groups attached to an aromatic ring is 1. The number of benzene rings is 2. The van der Waals surface area contributed by atoms with Crippen LogP contribution in [0.15, 0.2) is 46.9 Å². The highest BCUT2D eigenvalue weighted by Crippen LogP contribution is 2.27. The molecule has 2 aromatic carbocycles. The Kier molecular flexibility index (Phi) is 4.10. The van der Waals surface area contributed by atoms with Crippen LogP contribution in [0.2, 0.25) is 0 Å².